The second kappa shape index (κ2) is 4.38. The van der Waals surface area contributed by atoms with Crippen molar-refractivity contribution in [2.75, 3.05) is 0 Å². The largest absolute Gasteiger partial charge is 0.416 e. The summed E-state index contributed by atoms with van der Waals surface area (Å²) >= 11 is 1.62. The third kappa shape index (κ3) is 2.36. The Balaban J connectivity index is 2.01. The van der Waals surface area contributed by atoms with Gasteiger partial charge in [-0.2, -0.15) is 13.2 Å². The molecule has 1 heterocycles. The summed E-state index contributed by atoms with van der Waals surface area (Å²) < 4.78 is 38.6. The van der Waals surface area contributed by atoms with Gasteiger partial charge in [-0.3, -0.25) is 0 Å². The van der Waals surface area contributed by atoms with Crippen LogP contribution in [0, 0.1) is 0 Å². The number of hydrogen-bond acceptors (Lipinski definition) is 1. The Hall–Kier alpha value is -1.81. The van der Waals surface area contributed by atoms with Crippen LogP contribution >= 0.6 is 11.3 Å². The van der Waals surface area contributed by atoms with E-state index in [1.54, 1.807) is 11.3 Å². The molecule has 0 saturated carbocycles. The minimum atomic E-state index is -4.28. The first-order valence-corrected chi connectivity index (χ1v) is 6.57. The summed E-state index contributed by atoms with van der Waals surface area (Å²) in [5.41, 5.74) is 1.11. The van der Waals surface area contributed by atoms with Gasteiger partial charge in [-0.05, 0) is 46.2 Å². The molecule has 0 N–H and O–H groups in total. The maximum Gasteiger partial charge on any atom is 0.416 e. The lowest BCUT2D eigenvalue weighted by Crippen LogP contribution is -2.03. The fraction of sp³-hybridized carbons (Fsp3) is 0.0667. The van der Waals surface area contributed by atoms with Gasteiger partial charge >= 0.3 is 6.18 Å². The molecule has 0 aliphatic rings. The van der Waals surface area contributed by atoms with Gasteiger partial charge in [0, 0.05) is 4.70 Å². The monoisotopic (exact) mass is 278 g/mol. The molecule has 0 nitrogen and oxygen atoms in total. The Morgan fingerprint density at radius 2 is 1.47 bits per heavy atom. The van der Waals surface area contributed by atoms with Crippen LogP contribution < -0.4 is 0 Å². The molecule has 0 unspecified atom stereocenters. The van der Waals surface area contributed by atoms with E-state index in [0.717, 1.165) is 33.3 Å². The maximum atomic E-state index is 12.5. The molecule has 4 heteroatoms. The SMILES string of the molecule is FC(F)(F)c1ccc(-c2ccc3ccsc3c2)cc1. The molecule has 0 radical (unpaired) electrons. The van der Waals surface area contributed by atoms with Crippen molar-refractivity contribution in [3.8, 4) is 11.1 Å². The Bertz CT molecular complexity index is 708. The predicted molar refractivity (Wildman–Crippen MR) is 72.3 cm³/mol. The molecule has 0 bridgehead atoms. The van der Waals surface area contributed by atoms with Crippen LogP contribution in [-0.2, 0) is 6.18 Å². The van der Waals surface area contributed by atoms with Gasteiger partial charge in [-0.15, -0.1) is 11.3 Å². The molecular formula is C15H9F3S. The molecule has 0 amide bonds. The van der Waals surface area contributed by atoms with E-state index in [0.29, 0.717) is 0 Å². The quantitative estimate of drug-likeness (QED) is 0.544. The molecule has 0 atom stereocenters. The van der Waals surface area contributed by atoms with Gasteiger partial charge in [0.2, 0.25) is 0 Å². The first kappa shape index (κ1) is 12.2. The molecule has 0 saturated heterocycles. The van der Waals surface area contributed by atoms with E-state index in [9.17, 15) is 13.2 Å². The summed E-state index contributed by atoms with van der Waals surface area (Å²) in [5, 5.41) is 3.15. The van der Waals surface area contributed by atoms with Crippen molar-refractivity contribution < 1.29 is 13.2 Å². The first-order chi connectivity index (χ1) is 9.04. The van der Waals surface area contributed by atoms with Crippen molar-refractivity contribution in [2.45, 2.75) is 6.18 Å². The molecule has 0 aliphatic heterocycles. The van der Waals surface area contributed by atoms with Gasteiger partial charge in [0.15, 0.2) is 0 Å². The third-order valence-corrected chi connectivity index (χ3v) is 3.88. The topological polar surface area (TPSA) is 0 Å². The fourth-order valence-corrected chi connectivity index (χ4v) is 2.81. The van der Waals surface area contributed by atoms with Crippen molar-refractivity contribution >= 4 is 21.4 Å². The lowest BCUT2D eigenvalue weighted by Gasteiger charge is -2.07. The van der Waals surface area contributed by atoms with Gasteiger partial charge in [0.1, 0.15) is 0 Å². The average molecular weight is 278 g/mol. The van der Waals surface area contributed by atoms with E-state index in [-0.39, 0.29) is 0 Å². The second-order valence-corrected chi connectivity index (χ2v) is 5.20. The molecule has 3 aromatic rings. The predicted octanol–water partition coefficient (Wildman–Crippen LogP) is 5.59. The van der Waals surface area contributed by atoms with Gasteiger partial charge in [0.05, 0.1) is 5.56 Å². The van der Waals surface area contributed by atoms with Crippen LogP contribution in [0.3, 0.4) is 0 Å². The van der Waals surface area contributed by atoms with Crippen molar-refractivity contribution in [1.29, 1.82) is 0 Å². The van der Waals surface area contributed by atoms with Crippen molar-refractivity contribution in [1.82, 2.24) is 0 Å². The van der Waals surface area contributed by atoms with Crippen LogP contribution in [0.2, 0.25) is 0 Å². The van der Waals surface area contributed by atoms with E-state index >= 15 is 0 Å². The van der Waals surface area contributed by atoms with Gasteiger partial charge < -0.3 is 0 Å². The number of thiophene rings is 1. The van der Waals surface area contributed by atoms with Crippen molar-refractivity contribution in [2.24, 2.45) is 0 Å². The Kier molecular flexibility index (Phi) is 2.82. The Morgan fingerprint density at radius 3 is 2.16 bits per heavy atom. The highest BCUT2D eigenvalue weighted by molar-refractivity contribution is 7.17. The van der Waals surface area contributed by atoms with Crippen LogP contribution in [0.1, 0.15) is 5.56 Å². The highest BCUT2D eigenvalue weighted by atomic mass is 32.1. The number of hydrogen-bond donors (Lipinski definition) is 0. The summed E-state index contributed by atoms with van der Waals surface area (Å²) in [6, 6.07) is 13.2. The first-order valence-electron chi connectivity index (χ1n) is 5.69. The van der Waals surface area contributed by atoms with Gasteiger partial charge in [-0.1, -0.05) is 24.3 Å². The summed E-state index contributed by atoms with van der Waals surface area (Å²) in [5.74, 6) is 0. The number of rotatable bonds is 1. The van der Waals surface area contributed by atoms with E-state index in [2.05, 4.69) is 0 Å². The van der Waals surface area contributed by atoms with Crippen LogP contribution in [0.4, 0.5) is 13.2 Å². The molecule has 2 aromatic carbocycles. The zero-order valence-corrected chi connectivity index (χ0v) is 10.6. The lowest BCUT2D eigenvalue weighted by molar-refractivity contribution is -0.137. The minimum Gasteiger partial charge on any atom is -0.166 e. The Morgan fingerprint density at radius 1 is 0.789 bits per heavy atom. The van der Waals surface area contributed by atoms with Crippen molar-refractivity contribution in [3.63, 3.8) is 0 Å². The molecule has 96 valence electrons. The standard InChI is InChI=1S/C15H9F3S/c16-15(17,18)13-5-3-10(4-6-13)12-2-1-11-7-8-19-14(11)9-12/h1-9H. The zero-order chi connectivity index (χ0) is 13.5. The highest BCUT2D eigenvalue weighted by Crippen LogP contribution is 2.32. The maximum absolute atomic E-state index is 12.5. The zero-order valence-electron chi connectivity index (χ0n) is 9.74. The van der Waals surface area contributed by atoms with E-state index < -0.39 is 11.7 Å². The van der Waals surface area contributed by atoms with Crippen LogP contribution in [-0.4, -0.2) is 0 Å². The van der Waals surface area contributed by atoms with E-state index in [1.165, 1.54) is 12.1 Å². The molecule has 0 fully saturated rings. The smallest absolute Gasteiger partial charge is 0.166 e. The molecular weight excluding hydrogens is 269 g/mol. The average Bonchev–Trinajstić information content (AvgIpc) is 2.85. The van der Waals surface area contributed by atoms with E-state index in [4.69, 9.17) is 0 Å². The second-order valence-electron chi connectivity index (χ2n) is 4.25. The normalized spacial score (nSPS) is 11.9. The minimum absolute atomic E-state index is 0.617. The summed E-state index contributed by atoms with van der Waals surface area (Å²) in [6.45, 7) is 0. The fourth-order valence-electron chi connectivity index (χ4n) is 1.99. The van der Waals surface area contributed by atoms with Crippen LogP contribution in [0.25, 0.3) is 21.2 Å². The Labute approximate surface area is 112 Å². The third-order valence-electron chi connectivity index (χ3n) is 3.00. The molecule has 19 heavy (non-hydrogen) atoms. The molecule has 0 aliphatic carbocycles. The molecule has 3 rings (SSSR count). The molecule has 1 aromatic heterocycles. The number of alkyl halides is 3. The highest BCUT2D eigenvalue weighted by Gasteiger charge is 2.29. The van der Waals surface area contributed by atoms with Gasteiger partial charge in [-0.25, -0.2) is 0 Å². The van der Waals surface area contributed by atoms with Crippen LogP contribution in [0.15, 0.2) is 53.9 Å². The summed E-state index contributed by atoms with van der Waals surface area (Å²) in [7, 11) is 0. The molecule has 0 spiro atoms. The number of benzene rings is 2. The summed E-state index contributed by atoms with van der Waals surface area (Å²) in [4.78, 5) is 0. The van der Waals surface area contributed by atoms with Gasteiger partial charge in [0.25, 0.3) is 0 Å². The van der Waals surface area contributed by atoms with Crippen LogP contribution in [0.5, 0.6) is 0 Å². The lowest BCUT2D eigenvalue weighted by atomic mass is 10.0. The number of halogens is 3. The number of fused-ring (bicyclic) bond motifs is 1. The van der Waals surface area contributed by atoms with Crippen molar-refractivity contribution in [3.05, 3.63) is 59.5 Å². The van der Waals surface area contributed by atoms with E-state index in [1.807, 2.05) is 29.6 Å². The summed E-state index contributed by atoms with van der Waals surface area (Å²) in [6.07, 6.45) is -4.28.